The minimum absolute atomic E-state index is 0.121. The summed E-state index contributed by atoms with van der Waals surface area (Å²) >= 11 is 12.2. The summed E-state index contributed by atoms with van der Waals surface area (Å²) in [5.41, 5.74) is 0. The van der Waals surface area contributed by atoms with Gasteiger partial charge in [0.2, 0.25) is 0 Å². The van der Waals surface area contributed by atoms with E-state index in [2.05, 4.69) is 21.2 Å². The molecule has 0 fully saturated rings. The lowest BCUT2D eigenvalue weighted by Crippen LogP contribution is -2.21. The standard InChI is InChI=1S/C10H7BrClNOS2/c11-8-2-1-6(16-8)5-13-10(14)9-7(12)3-4-15-9/h1-4H,5H2,(H,13,14). The molecule has 0 unspecified atom stereocenters. The molecule has 0 spiro atoms. The molecule has 2 rings (SSSR count). The lowest BCUT2D eigenvalue weighted by Gasteiger charge is -2.01. The molecule has 1 N–H and O–H groups in total. The number of rotatable bonds is 3. The van der Waals surface area contributed by atoms with Gasteiger partial charge < -0.3 is 5.32 Å². The van der Waals surface area contributed by atoms with Gasteiger partial charge in [-0.2, -0.15) is 0 Å². The fourth-order valence-electron chi connectivity index (χ4n) is 1.15. The Balaban J connectivity index is 1.96. The highest BCUT2D eigenvalue weighted by Crippen LogP contribution is 2.23. The molecule has 0 aliphatic heterocycles. The van der Waals surface area contributed by atoms with E-state index < -0.39 is 0 Å². The Bertz CT molecular complexity index is 508. The summed E-state index contributed by atoms with van der Waals surface area (Å²) in [6.07, 6.45) is 0. The summed E-state index contributed by atoms with van der Waals surface area (Å²) in [5.74, 6) is -0.121. The van der Waals surface area contributed by atoms with E-state index in [-0.39, 0.29) is 5.91 Å². The summed E-state index contributed by atoms with van der Waals surface area (Å²) in [7, 11) is 0. The van der Waals surface area contributed by atoms with Gasteiger partial charge in [0, 0.05) is 4.88 Å². The van der Waals surface area contributed by atoms with E-state index in [0.717, 1.165) is 8.66 Å². The molecule has 2 nitrogen and oxygen atoms in total. The molecule has 1 amide bonds. The molecule has 6 heteroatoms. The third kappa shape index (κ3) is 2.85. The van der Waals surface area contributed by atoms with Crippen molar-refractivity contribution in [1.29, 1.82) is 0 Å². The minimum atomic E-state index is -0.121. The van der Waals surface area contributed by atoms with E-state index in [0.29, 0.717) is 16.4 Å². The Morgan fingerprint density at radius 2 is 2.25 bits per heavy atom. The van der Waals surface area contributed by atoms with Gasteiger partial charge in [-0.25, -0.2) is 0 Å². The molecule has 2 heterocycles. The summed E-state index contributed by atoms with van der Waals surface area (Å²) < 4.78 is 1.06. The first kappa shape index (κ1) is 12.1. The monoisotopic (exact) mass is 335 g/mol. The van der Waals surface area contributed by atoms with E-state index >= 15 is 0 Å². The maximum atomic E-state index is 11.7. The summed E-state index contributed by atoms with van der Waals surface area (Å²) in [5, 5.41) is 5.15. The Labute approximate surface area is 114 Å². The van der Waals surface area contributed by atoms with Gasteiger partial charge in [-0.15, -0.1) is 22.7 Å². The van der Waals surface area contributed by atoms with Crippen LogP contribution in [0.2, 0.25) is 5.02 Å². The number of carbonyl (C=O) groups is 1. The van der Waals surface area contributed by atoms with Gasteiger partial charge >= 0.3 is 0 Å². The normalized spacial score (nSPS) is 10.4. The van der Waals surface area contributed by atoms with Gasteiger partial charge in [0.1, 0.15) is 4.88 Å². The third-order valence-electron chi connectivity index (χ3n) is 1.88. The number of hydrogen-bond acceptors (Lipinski definition) is 3. The Morgan fingerprint density at radius 3 is 2.81 bits per heavy atom. The molecular weight excluding hydrogens is 330 g/mol. The highest BCUT2D eigenvalue weighted by Gasteiger charge is 2.11. The lowest BCUT2D eigenvalue weighted by atomic mass is 10.4. The molecule has 0 saturated heterocycles. The van der Waals surface area contributed by atoms with Crippen molar-refractivity contribution < 1.29 is 4.79 Å². The average molecular weight is 337 g/mol. The fraction of sp³-hybridized carbons (Fsp3) is 0.100. The van der Waals surface area contributed by atoms with Crippen molar-refractivity contribution in [1.82, 2.24) is 5.32 Å². The van der Waals surface area contributed by atoms with Crippen molar-refractivity contribution in [2.45, 2.75) is 6.54 Å². The molecule has 0 aromatic carbocycles. The SMILES string of the molecule is O=C(NCc1ccc(Br)s1)c1sccc1Cl. The Hall–Kier alpha value is -0.360. The van der Waals surface area contributed by atoms with Crippen LogP contribution < -0.4 is 5.32 Å². The van der Waals surface area contributed by atoms with Crippen molar-refractivity contribution in [2.75, 3.05) is 0 Å². The van der Waals surface area contributed by atoms with Gasteiger partial charge in [0.15, 0.2) is 0 Å². The molecule has 2 aromatic rings. The summed E-state index contributed by atoms with van der Waals surface area (Å²) in [6, 6.07) is 5.66. The van der Waals surface area contributed by atoms with Gasteiger partial charge in [-0.1, -0.05) is 11.6 Å². The maximum absolute atomic E-state index is 11.7. The van der Waals surface area contributed by atoms with Gasteiger partial charge in [0.05, 0.1) is 15.4 Å². The molecule has 2 aromatic heterocycles. The second-order valence-electron chi connectivity index (χ2n) is 2.99. The predicted octanol–water partition coefficient (Wildman–Crippen LogP) is 4.16. The van der Waals surface area contributed by atoms with Crippen LogP contribution in [0, 0.1) is 0 Å². The molecule has 0 bridgehead atoms. The predicted molar refractivity (Wildman–Crippen MR) is 72.5 cm³/mol. The number of thiophene rings is 2. The quantitative estimate of drug-likeness (QED) is 0.896. The molecule has 0 radical (unpaired) electrons. The molecule has 84 valence electrons. The molecular formula is C10H7BrClNOS2. The maximum Gasteiger partial charge on any atom is 0.263 e. The summed E-state index contributed by atoms with van der Waals surface area (Å²) in [6.45, 7) is 0.531. The van der Waals surface area contributed by atoms with Gasteiger partial charge in [-0.05, 0) is 39.5 Å². The van der Waals surface area contributed by atoms with E-state index in [1.54, 1.807) is 22.8 Å². The van der Waals surface area contributed by atoms with Crippen LogP contribution in [-0.4, -0.2) is 5.91 Å². The average Bonchev–Trinajstić information content (AvgIpc) is 2.84. The number of amides is 1. The van der Waals surface area contributed by atoms with Crippen LogP contribution in [0.4, 0.5) is 0 Å². The van der Waals surface area contributed by atoms with Crippen LogP contribution in [-0.2, 0) is 6.54 Å². The van der Waals surface area contributed by atoms with Crippen LogP contribution >= 0.6 is 50.2 Å². The van der Waals surface area contributed by atoms with E-state index in [1.165, 1.54) is 11.3 Å². The van der Waals surface area contributed by atoms with Crippen LogP contribution in [0.25, 0.3) is 0 Å². The van der Waals surface area contributed by atoms with Crippen molar-refractivity contribution in [3.8, 4) is 0 Å². The number of carbonyl (C=O) groups excluding carboxylic acids is 1. The van der Waals surface area contributed by atoms with E-state index in [1.807, 2.05) is 12.1 Å². The Kier molecular flexibility index (Phi) is 4.02. The first-order chi connectivity index (χ1) is 7.66. The zero-order valence-corrected chi connectivity index (χ0v) is 12.0. The largest absolute Gasteiger partial charge is 0.346 e. The number of hydrogen-bond donors (Lipinski definition) is 1. The molecule has 0 aliphatic rings. The van der Waals surface area contributed by atoms with Gasteiger partial charge in [-0.3, -0.25) is 4.79 Å². The lowest BCUT2D eigenvalue weighted by molar-refractivity contribution is 0.0955. The highest BCUT2D eigenvalue weighted by atomic mass is 79.9. The molecule has 0 aliphatic carbocycles. The summed E-state index contributed by atoms with van der Waals surface area (Å²) in [4.78, 5) is 13.4. The van der Waals surface area contributed by atoms with Gasteiger partial charge in [0.25, 0.3) is 5.91 Å². The Morgan fingerprint density at radius 1 is 1.44 bits per heavy atom. The fourth-order valence-corrected chi connectivity index (χ4v) is 3.63. The van der Waals surface area contributed by atoms with Crippen molar-refractivity contribution >= 4 is 56.1 Å². The minimum Gasteiger partial charge on any atom is -0.346 e. The smallest absolute Gasteiger partial charge is 0.263 e. The number of halogens is 2. The van der Waals surface area contributed by atoms with E-state index in [4.69, 9.17) is 11.6 Å². The second kappa shape index (κ2) is 5.31. The third-order valence-corrected chi connectivity index (χ3v) is 4.84. The molecule has 16 heavy (non-hydrogen) atoms. The van der Waals surface area contributed by atoms with Crippen LogP contribution in [0.1, 0.15) is 14.5 Å². The molecule has 0 saturated carbocycles. The number of nitrogens with one attached hydrogen (secondary N) is 1. The van der Waals surface area contributed by atoms with Crippen LogP contribution in [0.15, 0.2) is 27.4 Å². The van der Waals surface area contributed by atoms with Crippen molar-refractivity contribution in [3.63, 3.8) is 0 Å². The second-order valence-corrected chi connectivity index (χ2v) is 6.86. The highest BCUT2D eigenvalue weighted by molar-refractivity contribution is 9.11. The van der Waals surface area contributed by atoms with E-state index in [9.17, 15) is 4.79 Å². The van der Waals surface area contributed by atoms with Crippen molar-refractivity contribution in [2.24, 2.45) is 0 Å². The zero-order valence-electron chi connectivity index (χ0n) is 8.00. The topological polar surface area (TPSA) is 29.1 Å². The van der Waals surface area contributed by atoms with Crippen molar-refractivity contribution in [3.05, 3.63) is 42.1 Å². The molecule has 0 atom stereocenters. The van der Waals surface area contributed by atoms with Crippen LogP contribution in [0.3, 0.4) is 0 Å². The first-order valence-corrected chi connectivity index (χ1v) is 7.29. The zero-order chi connectivity index (χ0) is 11.5. The first-order valence-electron chi connectivity index (χ1n) is 4.42. The van der Waals surface area contributed by atoms with Crippen LogP contribution in [0.5, 0.6) is 0 Å².